The van der Waals surface area contributed by atoms with Crippen LogP contribution in [0.2, 0.25) is 0 Å². The van der Waals surface area contributed by atoms with Crippen molar-refractivity contribution in [2.75, 3.05) is 0 Å². The standard InChI is InChI=1S/C17H24N2OS/c1-12-10-17(11-12,15(18)21)16(20)19-13(2)8-9-14-6-4-3-5-7-14/h3-7,12-13H,8-11H2,1-2H3,(H2,18,21)(H,19,20). The molecule has 0 aliphatic heterocycles. The Hall–Kier alpha value is -1.42. The smallest absolute Gasteiger partial charge is 0.233 e. The highest BCUT2D eigenvalue weighted by Crippen LogP contribution is 2.46. The van der Waals surface area contributed by atoms with E-state index in [2.05, 4.69) is 24.4 Å². The van der Waals surface area contributed by atoms with Crippen LogP contribution in [-0.2, 0) is 11.2 Å². The Morgan fingerprint density at radius 2 is 2.05 bits per heavy atom. The van der Waals surface area contributed by atoms with Crippen molar-refractivity contribution in [3.8, 4) is 0 Å². The van der Waals surface area contributed by atoms with E-state index in [1.807, 2.05) is 25.1 Å². The SMILES string of the molecule is CC1CC(C(=O)NC(C)CCc2ccccc2)(C(N)=S)C1. The molecule has 1 atom stereocenters. The summed E-state index contributed by atoms with van der Waals surface area (Å²) in [5, 5.41) is 3.09. The number of hydrogen-bond acceptors (Lipinski definition) is 2. The van der Waals surface area contributed by atoms with Gasteiger partial charge in [-0.3, -0.25) is 4.79 Å². The van der Waals surface area contributed by atoms with Crippen LogP contribution in [0.15, 0.2) is 30.3 Å². The van der Waals surface area contributed by atoms with Gasteiger partial charge in [-0.1, -0.05) is 49.5 Å². The molecule has 0 heterocycles. The Bertz CT molecular complexity index is 509. The van der Waals surface area contributed by atoms with Gasteiger partial charge in [0.05, 0.1) is 10.4 Å². The van der Waals surface area contributed by atoms with Crippen LogP contribution in [-0.4, -0.2) is 16.9 Å². The van der Waals surface area contributed by atoms with E-state index >= 15 is 0 Å². The number of nitrogens with one attached hydrogen (secondary N) is 1. The van der Waals surface area contributed by atoms with Gasteiger partial charge in [-0.25, -0.2) is 0 Å². The lowest BCUT2D eigenvalue weighted by molar-refractivity contribution is -0.133. The fourth-order valence-corrected chi connectivity index (χ4v) is 3.35. The quantitative estimate of drug-likeness (QED) is 0.795. The van der Waals surface area contributed by atoms with Crippen LogP contribution in [0, 0.1) is 11.3 Å². The highest BCUT2D eigenvalue weighted by atomic mass is 32.1. The molecule has 21 heavy (non-hydrogen) atoms. The molecular weight excluding hydrogens is 280 g/mol. The first kappa shape index (κ1) is 16.0. The van der Waals surface area contributed by atoms with Crippen LogP contribution in [0.4, 0.5) is 0 Å². The maximum Gasteiger partial charge on any atom is 0.233 e. The predicted molar refractivity (Wildman–Crippen MR) is 90.0 cm³/mol. The number of rotatable bonds is 6. The van der Waals surface area contributed by atoms with E-state index in [9.17, 15) is 4.79 Å². The number of aryl methyl sites for hydroxylation is 1. The van der Waals surface area contributed by atoms with Crippen LogP contribution in [0.25, 0.3) is 0 Å². The number of hydrogen-bond donors (Lipinski definition) is 2. The van der Waals surface area contributed by atoms with Crippen molar-refractivity contribution in [1.82, 2.24) is 5.32 Å². The minimum absolute atomic E-state index is 0.00802. The average Bonchev–Trinajstić information content (AvgIpc) is 2.42. The first-order chi connectivity index (χ1) is 9.94. The third-order valence-corrected chi connectivity index (χ3v) is 4.78. The Morgan fingerprint density at radius 1 is 1.43 bits per heavy atom. The maximum absolute atomic E-state index is 12.5. The lowest BCUT2D eigenvalue weighted by atomic mass is 9.62. The molecule has 114 valence electrons. The minimum atomic E-state index is -0.601. The zero-order chi connectivity index (χ0) is 15.5. The Balaban J connectivity index is 1.86. The molecule has 0 spiro atoms. The highest BCUT2D eigenvalue weighted by Gasteiger charge is 2.50. The number of carbonyl (C=O) groups excluding carboxylic acids is 1. The fraction of sp³-hybridized carbons (Fsp3) is 0.529. The average molecular weight is 304 g/mol. The van der Waals surface area contributed by atoms with Crippen molar-refractivity contribution < 1.29 is 4.79 Å². The van der Waals surface area contributed by atoms with E-state index in [-0.39, 0.29) is 11.9 Å². The van der Waals surface area contributed by atoms with Crippen molar-refractivity contribution in [2.45, 2.75) is 45.6 Å². The molecule has 1 unspecified atom stereocenters. The van der Waals surface area contributed by atoms with Gasteiger partial charge < -0.3 is 11.1 Å². The van der Waals surface area contributed by atoms with Gasteiger partial charge in [0.1, 0.15) is 0 Å². The summed E-state index contributed by atoms with van der Waals surface area (Å²) in [6.07, 6.45) is 3.43. The van der Waals surface area contributed by atoms with E-state index in [4.69, 9.17) is 18.0 Å². The van der Waals surface area contributed by atoms with E-state index in [0.29, 0.717) is 10.9 Å². The van der Waals surface area contributed by atoms with Crippen LogP contribution < -0.4 is 11.1 Å². The highest BCUT2D eigenvalue weighted by molar-refractivity contribution is 7.80. The third kappa shape index (κ3) is 3.62. The monoisotopic (exact) mass is 304 g/mol. The van der Waals surface area contributed by atoms with Gasteiger partial charge in [-0.05, 0) is 44.1 Å². The molecule has 0 aromatic heterocycles. The first-order valence-electron chi connectivity index (χ1n) is 7.59. The second-order valence-electron chi connectivity index (χ2n) is 6.36. The van der Waals surface area contributed by atoms with Gasteiger partial charge in [0.2, 0.25) is 5.91 Å². The lowest BCUT2D eigenvalue weighted by Crippen LogP contribution is -2.57. The van der Waals surface area contributed by atoms with Crippen LogP contribution in [0.3, 0.4) is 0 Å². The second kappa shape index (κ2) is 6.56. The summed E-state index contributed by atoms with van der Waals surface area (Å²) in [5.41, 5.74) is 6.50. The third-order valence-electron chi connectivity index (χ3n) is 4.39. The Labute approximate surface area is 132 Å². The van der Waals surface area contributed by atoms with Crippen molar-refractivity contribution >= 4 is 23.1 Å². The topological polar surface area (TPSA) is 55.1 Å². The van der Waals surface area contributed by atoms with E-state index in [1.54, 1.807) is 0 Å². The van der Waals surface area contributed by atoms with Crippen LogP contribution in [0.5, 0.6) is 0 Å². The minimum Gasteiger partial charge on any atom is -0.392 e. The zero-order valence-electron chi connectivity index (χ0n) is 12.8. The number of benzene rings is 1. The van der Waals surface area contributed by atoms with Gasteiger partial charge in [0, 0.05) is 6.04 Å². The van der Waals surface area contributed by atoms with Crippen LogP contribution in [0.1, 0.15) is 38.7 Å². The molecule has 2 rings (SSSR count). The summed E-state index contributed by atoms with van der Waals surface area (Å²) in [6.45, 7) is 4.17. The van der Waals surface area contributed by atoms with Gasteiger partial charge in [-0.15, -0.1) is 0 Å². The van der Waals surface area contributed by atoms with Crippen molar-refractivity contribution in [3.05, 3.63) is 35.9 Å². The van der Waals surface area contributed by atoms with Crippen molar-refractivity contribution in [2.24, 2.45) is 17.1 Å². The molecule has 1 aliphatic carbocycles. The predicted octanol–water partition coefficient (Wildman–Crippen LogP) is 2.83. The van der Waals surface area contributed by atoms with E-state index in [0.717, 1.165) is 25.7 Å². The van der Waals surface area contributed by atoms with Gasteiger partial charge >= 0.3 is 0 Å². The zero-order valence-corrected chi connectivity index (χ0v) is 13.6. The number of carbonyl (C=O) groups is 1. The largest absolute Gasteiger partial charge is 0.392 e. The summed E-state index contributed by atoms with van der Waals surface area (Å²) >= 11 is 5.12. The molecule has 0 bridgehead atoms. The normalized spacial score (nSPS) is 25.7. The van der Waals surface area contributed by atoms with Gasteiger partial charge in [-0.2, -0.15) is 0 Å². The molecule has 4 heteroatoms. The van der Waals surface area contributed by atoms with Crippen LogP contribution >= 0.6 is 12.2 Å². The molecule has 1 aliphatic rings. The molecule has 3 nitrogen and oxygen atoms in total. The van der Waals surface area contributed by atoms with E-state index in [1.165, 1.54) is 5.56 Å². The summed E-state index contributed by atoms with van der Waals surface area (Å²) in [5.74, 6) is 0.533. The van der Waals surface area contributed by atoms with Crippen molar-refractivity contribution in [1.29, 1.82) is 0 Å². The summed E-state index contributed by atoms with van der Waals surface area (Å²) in [7, 11) is 0. The van der Waals surface area contributed by atoms with Crippen molar-refractivity contribution in [3.63, 3.8) is 0 Å². The number of thiocarbonyl (C=S) groups is 1. The molecular formula is C17H24N2OS. The fourth-order valence-electron chi connectivity index (χ4n) is 3.09. The molecule has 0 radical (unpaired) electrons. The molecule has 1 aromatic rings. The Morgan fingerprint density at radius 3 is 2.57 bits per heavy atom. The maximum atomic E-state index is 12.5. The lowest BCUT2D eigenvalue weighted by Gasteiger charge is -2.44. The molecule has 1 aromatic carbocycles. The second-order valence-corrected chi connectivity index (χ2v) is 6.80. The number of amides is 1. The summed E-state index contributed by atoms with van der Waals surface area (Å²) < 4.78 is 0. The van der Waals surface area contributed by atoms with Gasteiger partial charge in [0.25, 0.3) is 0 Å². The van der Waals surface area contributed by atoms with Gasteiger partial charge in [0.15, 0.2) is 0 Å². The number of nitrogens with two attached hydrogens (primary N) is 1. The Kier molecular flexibility index (Phi) is 4.99. The summed E-state index contributed by atoms with van der Waals surface area (Å²) in [4.78, 5) is 12.8. The summed E-state index contributed by atoms with van der Waals surface area (Å²) in [6, 6.07) is 10.4. The first-order valence-corrected chi connectivity index (χ1v) is 7.99. The van der Waals surface area contributed by atoms with E-state index < -0.39 is 5.41 Å². The molecule has 1 saturated carbocycles. The molecule has 1 fully saturated rings. The molecule has 1 amide bonds. The molecule has 0 saturated heterocycles. The molecule has 3 N–H and O–H groups in total.